The maximum atomic E-state index is 3.73. The zero-order valence-corrected chi connectivity index (χ0v) is 22.0. The Hall–Kier alpha value is -4.86. The summed E-state index contributed by atoms with van der Waals surface area (Å²) in [7, 11) is 0. The fourth-order valence-corrected chi connectivity index (χ4v) is 6.91. The van der Waals surface area contributed by atoms with Crippen molar-refractivity contribution < 1.29 is 0 Å². The van der Waals surface area contributed by atoms with Gasteiger partial charge in [0.15, 0.2) is 0 Å². The Bertz CT molecular complexity index is 2140. The lowest BCUT2D eigenvalue weighted by molar-refractivity contribution is 1.18. The van der Waals surface area contributed by atoms with Gasteiger partial charge >= 0.3 is 0 Å². The Kier molecular flexibility index (Phi) is 5.04. The minimum absolute atomic E-state index is 1.08. The Morgan fingerprint density at radius 1 is 0.487 bits per heavy atom. The molecule has 2 nitrogen and oxygen atoms in total. The predicted molar refractivity (Wildman–Crippen MR) is 169 cm³/mol. The lowest BCUT2D eigenvalue weighted by atomic mass is 9.98. The Labute approximate surface area is 230 Å². The van der Waals surface area contributed by atoms with E-state index >= 15 is 0 Å². The van der Waals surface area contributed by atoms with Crippen LogP contribution in [0.15, 0.2) is 140 Å². The van der Waals surface area contributed by atoms with Gasteiger partial charge < -0.3 is 9.88 Å². The van der Waals surface area contributed by atoms with Gasteiger partial charge in [-0.1, -0.05) is 78.9 Å². The molecule has 0 atom stereocenters. The van der Waals surface area contributed by atoms with Gasteiger partial charge in [0.25, 0.3) is 0 Å². The molecule has 3 heteroatoms. The van der Waals surface area contributed by atoms with Crippen molar-refractivity contribution in [2.75, 3.05) is 5.32 Å². The normalized spacial score (nSPS) is 11.6. The number of anilines is 2. The minimum Gasteiger partial charge on any atom is -0.355 e. The van der Waals surface area contributed by atoms with E-state index < -0.39 is 0 Å². The number of fused-ring (bicyclic) bond motifs is 6. The van der Waals surface area contributed by atoms with Gasteiger partial charge in [0.1, 0.15) is 0 Å². The summed E-state index contributed by atoms with van der Waals surface area (Å²) in [6, 6.07) is 50.1. The van der Waals surface area contributed by atoms with Crippen LogP contribution in [0.5, 0.6) is 0 Å². The van der Waals surface area contributed by atoms with E-state index in [0.717, 1.165) is 11.4 Å². The fraction of sp³-hybridized carbons (Fsp3) is 0. The summed E-state index contributed by atoms with van der Waals surface area (Å²) in [5, 5.41) is 8.86. The maximum Gasteiger partial charge on any atom is 0.0541 e. The Morgan fingerprint density at radius 2 is 1.18 bits per heavy atom. The number of para-hydroxylation sites is 3. The molecule has 0 saturated heterocycles. The molecule has 0 bridgehead atoms. The van der Waals surface area contributed by atoms with Gasteiger partial charge in [-0.15, -0.1) is 11.3 Å². The molecule has 2 heterocycles. The molecule has 0 saturated carbocycles. The summed E-state index contributed by atoms with van der Waals surface area (Å²) >= 11 is 1.85. The van der Waals surface area contributed by atoms with Crippen LogP contribution in [-0.4, -0.2) is 4.57 Å². The van der Waals surface area contributed by atoms with Gasteiger partial charge in [-0.3, -0.25) is 0 Å². The number of benzene rings is 6. The molecular formula is C36H24N2S. The van der Waals surface area contributed by atoms with Gasteiger partial charge in [0.05, 0.1) is 11.0 Å². The second kappa shape index (κ2) is 8.87. The van der Waals surface area contributed by atoms with E-state index in [2.05, 4.69) is 149 Å². The van der Waals surface area contributed by atoms with E-state index in [1.54, 1.807) is 0 Å². The van der Waals surface area contributed by atoms with Gasteiger partial charge in [-0.25, -0.2) is 0 Å². The first kappa shape index (κ1) is 22.2. The molecule has 8 rings (SSSR count). The van der Waals surface area contributed by atoms with Gasteiger partial charge in [-0.2, -0.15) is 0 Å². The lowest BCUT2D eigenvalue weighted by Crippen LogP contribution is -1.94. The van der Waals surface area contributed by atoms with Crippen LogP contribution >= 0.6 is 11.3 Å². The second-order valence-corrected chi connectivity index (χ2v) is 11.0. The van der Waals surface area contributed by atoms with Crippen LogP contribution < -0.4 is 5.32 Å². The SMILES string of the molecule is c1ccc(Nc2cc3sc4ccccc4c3cc2-c2ccc3c(c2)c2ccccc2n3-c2ccccc2)cc1. The lowest BCUT2D eigenvalue weighted by Gasteiger charge is -2.14. The van der Waals surface area contributed by atoms with E-state index in [1.807, 2.05) is 11.3 Å². The summed E-state index contributed by atoms with van der Waals surface area (Å²) in [6.45, 7) is 0. The van der Waals surface area contributed by atoms with Crippen LogP contribution in [0.1, 0.15) is 0 Å². The van der Waals surface area contributed by atoms with Crippen LogP contribution in [0, 0.1) is 0 Å². The van der Waals surface area contributed by atoms with Crippen molar-refractivity contribution in [1.29, 1.82) is 0 Å². The number of rotatable bonds is 4. The first-order valence-electron chi connectivity index (χ1n) is 13.2. The number of thiophene rings is 1. The highest BCUT2D eigenvalue weighted by Gasteiger charge is 2.16. The summed E-state index contributed by atoms with van der Waals surface area (Å²) in [5.74, 6) is 0. The van der Waals surface area contributed by atoms with Crippen LogP contribution in [0.4, 0.5) is 11.4 Å². The second-order valence-electron chi connectivity index (χ2n) is 9.90. The summed E-state index contributed by atoms with van der Waals surface area (Å²) in [4.78, 5) is 0. The average Bonchev–Trinajstić information content (AvgIpc) is 3.52. The molecule has 0 aliphatic carbocycles. The van der Waals surface area contributed by atoms with Crippen molar-refractivity contribution in [2.45, 2.75) is 0 Å². The van der Waals surface area contributed by atoms with Crippen molar-refractivity contribution in [2.24, 2.45) is 0 Å². The molecule has 1 N–H and O–H groups in total. The Balaban J connectivity index is 1.40. The summed E-state index contributed by atoms with van der Waals surface area (Å²) in [6.07, 6.45) is 0. The smallest absolute Gasteiger partial charge is 0.0541 e. The number of aromatic nitrogens is 1. The molecule has 0 fully saturated rings. The highest BCUT2D eigenvalue weighted by molar-refractivity contribution is 7.25. The van der Waals surface area contributed by atoms with Crippen molar-refractivity contribution in [1.82, 2.24) is 4.57 Å². The zero-order valence-electron chi connectivity index (χ0n) is 21.1. The molecule has 0 spiro atoms. The van der Waals surface area contributed by atoms with Gasteiger partial charge in [0, 0.05) is 53.6 Å². The fourth-order valence-electron chi connectivity index (χ4n) is 5.79. The third-order valence-corrected chi connectivity index (χ3v) is 8.70. The quantitative estimate of drug-likeness (QED) is 0.246. The molecule has 2 aromatic heterocycles. The zero-order chi connectivity index (χ0) is 25.8. The molecule has 0 radical (unpaired) electrons. The van der Waals surface area contributed by atoms with Crippen LogP contribution in [0.25, 0.3) is 58.8 Å². The highest BCUT2D eigenvalue weighted by Crippen LogP contribution is 2.42. The average molecular weight is 517 g/mol. The predicted octanol–water partition coefficient (Wildman–Crippen LogP) is 10.6. The highest BCUT2D eigenvalue weighted by atomic mass is 32.1. The topological polar surface area (TPSA) is 17.0 Å². The Morgan fingerprint density at radius 3 is 2.03 bits per heavy atom. The minimum atomic E-state index is 1.08. The molecular weight excluding hydrogens is 492 g/mol. The van der Waals surface area contributed by atoms with Crippen molar-refractivity contribution in [3.05, 3.63) is 140 Å². The van der Waals surface area contributed by atoms with E-state index in [9.17, 15) is 0 Å². The molecule has 0 amide bonds. The van der Waals surface area contributed by atoms with E-state index in [-0.39, 0.29) is 0 Å². The van der Waals surface area contributed by atoms with Crippen LogP contribution in [-0.2, 0) is 0 Å². The standard InChI is InChI=1S/C36H24N2S/c1-3-11-25(12-4-1)37-32-23-36-31(28-16-8-10-18-35(28)39-36)22-29(32)24-19-20-34-30(21-24)27-15-7-9-17-33(27)38(34)26-13-5-2-6-14-26/h1-23,37H. The number of nitrogens with zero attached hydrogens (tertiary/aromatic N) is 1. The third kappa shape index (κ3) is 3.63. The van der Waals surface area contributed by atoms with Gasteiger partial charge in [0.2, 0.25) is 0 Å². The monoisotopic (exact) mass is 516 g/mol. The van der Waals surface area contributed by atoms with E-state index in [0.29, 0.717) is 0 Å². The number of nitrogens with one attached hydrogen (secondary N) is 1. The molecule has 184 valence electrons. The molecule has 8 aromatic rings. The maximum absolute atomic E-state index is 3.73. The van der Waals surface area contributed by atoms with Crippen molar-refractivity contribution in [3.63, 3.8) is 0 Å². The summed E-state index contributed by atoms with van der Waals surface area (Å²) < 4.78 is 4.98. The van der Waals surface area contributed by atoms with E-state index in [4.69, 9.17) is 0 Å². The van der Waals surface area contributed by atoms with Crippen LogP contribution in [0.2, 0.25) is 0 Å². The van der Waals surface area contributed by atoms with Gasteiger partial charge in [-0.05, 0) is 66.2 Å². The first-order valence-corrected chi connectivity index (χ1v) is 14.0. The number of hydrogen-bond acceptors (Lipinski definition) is 2. The first-order chi connectivity index (χ1) is 19.3. The molecule has 0 aliphatic heterocycles. The van der Waals surface area contributed by atoms with Crippen molar-refractivity contribution >= 4 is 64.7 Å². The van der Waals surface area contributed by atoms with Crippen molar-refractivity contribution in [3.8, 4) is 16.8 Å². The molecule has 0 aliphatic rings. The summed E-state index contributed by atoms with van der Waals surface area (Å²) in [5.41, 5.74) is 8.22. The molecule has 0 unspecified atom stereocenters. The molecule has 39 heavy (non-hydrogen) atoms. The largest absolute Gasteiger partial charge is 0.355 e. The van der Waals surface area contributed by atoms with E-state index in [1.165, 1.54) is 58.8 Å². The number of hydrogen-bond donors (Lipinski definition) is 1. The van der Waals surface area contributed by atoms with Crippen LogP contribution in [0.3, 0.4) is 0 Å². The third-order valence-electron chi connectivity index (χ3n) is 7.57. The molecule has 6 aromatic carbocycles.